The van der Waals surface area contributed by atoms with Gasteiger partial charge in [-0.25, -0.2) is 8.42 Å². The number of aryl methyl sites for hydroxylation is 1. The van der Waals surface area contributed by atoms with E-state index in [0.717, 1.165) is 12.0 Å². The summed E-state index contributed by atoms with van der Waals surface area (Å²) >= 11 is 0. The van der Waals surface area contributed by atoms with Crippen LogP contribution in [0.15, 0.2) is 42.6 Å². The zero-order valence-electron chi connectivity index (χ0n) is 12.1. The van der Waals surface area contributed by atoms with Crippen LogP contribution in [0.5, 0.6) is 0 Å². The van der Waals surface area contributed by atoms with Gasteiger partial charge in [-0.05, 0) is 42.0 Å². The van der Waals surface area contributed by atoms with Gasteiger partial charge in [-0.15, -0.1) is 0 Å². The Hall–Kier alpha value is -1.68. The van der Waals surface area contributed by atoms with Gasteiger partial charge in [0.1, 0.15) is 0 Å². The van der Waals surface area contributed by atoms with E-state index in [1.54, 1.807) is 6.20 Å². The van der Waals surface area contributed by atoms with Crippen LogP contribution in [0.2, 0.25) is 0 Å². The summed E-state index contributed by atoms with van der Waals surface area (Å²) in [5.74, 6) is 0.0513. The van der Waals surface area contributed by atoms with Crippen molar-refractivity contribution in [3.8, 4) is 0 Å². The van der Waals surface area contributed by atoms with Gasteiger partial charge < -0.3 is 0 Å². The Morgan fingerprint density at radius 3 is 2.38 bits per heavy atom. The van der Waals surface area contributed by atoms with E-state index in [9.17, 15) is 8.42 Å². The average Bonchev–Trinajstić information content (AvgIpc) is 2.92. The summed E-state index contributed by atoms with van der Waals surface area (Å²) in [6.07, 6.45) is 3.75. The number of hydrogen-bond donors (Lipinski definition) is 0. The summed E-state index contributed by atoms with van der Waals surface area (Å²) in [7, 11) is -3.18. The predicted octanol–water partition coefficient (Wildman–Crippen LogP) is 2.73. The van der Waals surface area contributed by atoms with Crippen molar-refractivity contribution >= 4 is 9.84 Å². The van der Waals surface area contributed by atoms with Crippen LogP contribution in [-0.2, 0) is 34.9 Å². The summed E-state index contributed by atoms with van der Waals surface area (Å²) in [5.41, 5.74) is 4.07. The fraction of sp³-hybridized carbons (Fsp3) is 0.353. The largest absolute Gasteiger partial charge is 0.260 e. The molecule has 3 rings (SSSR count). The molecule has 0 N–H and O–H groups in total. The first kappa shape index (κ1) is 14.3. The second-order valence-electron chi connectivity index (χ2n) is 5.57. The molecular formula is C17H19NO2S. The Labute approximate surface area is 126 Å². The van der Waals surface area contributed by atoms with Gasteiger partial charge in [-0.1, -0.05) is 37.3 Å². The highest BCUT2D eigenvalue weighted by atomic mass is 32.2. The first-order chi connectivity index (χ1) is 10.1. The van der Waals surface area contributed by atoms with Crippen molar-refractivity contribution in [2.75, 3.05) is 0 Å². The van der Waals surface area contributed by atoms with Gasteiger partial charge in [0.2, 0.25) is 0 Å². The molecule has 21 heavy (non-hydrogen) atoms. The molecule has 1 aromatic carbocycles. The molecule has 1 aliphatic carbocycles. The lowest BCUT2D eigenvalue weighted by atomic mass is 10.1. The molecule has 3 nitrogen and oxygen atoms in total. The first-order valence-electron chi connectivity index (χ1n) is 7.31. The molecule has 0 amide bonds. The Balaban J connectivity index is 1.83. The first-order valence-corrected chi connectivity index (χ1v) is 9.03. The number of sulfone groups is 1. The zero-order valence-corrected chi connectivity index (χ0v) is 12.9. The quantitative estimate of drug-likeness (QED) is 0.872. The lowest BCUT2D eigenvalue weighted by molar-refractivity contribution is 0.579. The van der Waals surface area contributed by atoms with Crippen LogP contribution >= 0.6 is 0 Å². The molecule has 0 unspecified atom stereocenters. The smallest absolute Gasteiger partial charge is 0.159 e. The molecule has 0 aliphatic heterocycles. The van der Waals surface area contributed by atoms with Gasteiger partial charge in [0, 0.05) is 6.20 Å². The molecule has 0 fully saturated rings. The van der Waals surface area contributed by atoms with Crippen LogP contribution < -0.4 is 0 Å². The highest BCUT2D eigenvalue weighted by Crippen LogP contribution is 2.28. The highest BCUT2D eigenvalue weighted by molar-refractivity contribution is 7.91. The number of rotatable bonds is 4. The maximum atomic E-state index is 12.7. The topological polar surface area (TPSA) is 47.0 Å². The van der Waals surface area contributed by atoms with Crippen molar-refractivity contribution in [3.05, 3.63) is 65.0 Å². The van der Waals surface area contributed by atoms with E-state index in [0.29, 0.717) is 18.5 Å². The maximum Gasteiger partial charge on any atom is 0.159 e. The fourth-order valence-electron chi connectivity index (χ4n) is 3.00. The summed E-state index contributed by atoms with van der Waals surface area (Å²) < 4.78 is 25.4. The molecule has 0 spiro atoms. The molecule has 0 atom stereocenters. The van der Waals surface area contributed by atoms with Crippen LogP contribution in [0, 0.1) is 0 Å². The van der Waals surface area contributed by atoms with E-state index >= 15 is 0 Å². The molecule has 0 saturated heterocycles. The lowest BCUT2D eigenvalue weighted by Crippen LogP contribution is -2.24. The zero-order chi connectivity index (χ0) is 14.9. The third-order valence-corrected chi connectivity index (χ3v) is 6.25. The Morgan fingerprint density at radius 2 is 1.76 bits per heavy atom. The normalized spacial score (nSPS) is 15.1. The SMILES string of the molecule is CCc1cccnc1CS(=O)(=O)C1Cc2ccccc2C1. The van der Waals surface area contributed by atoms with Crippen LogP contribution in [-0.4, -0.2) is 18.7 Å². The van der Waals surface area contributed by atoms with E-state index in [-0.39, 0.29) is 11.0 Å². The third kappa shape index (κ3) is 2.86. The van der Waals surface area contributed by atoms with Crippen LogP contribution in [0.4, 0.5) is 0 Å². The summed E-state index contributed by atoms with van der Waals surface area (Å²) in [5, 5.41) is -0.304. The van der Waals surface area contributed by atoms with Crippen molar-refractivity contribution in [1.82, 2.24) is 4.98 Å². The Kier molecular flexibility index (Phi) is 3.81. The van der Waals surface area contributed by atoms with Gasteiger partial charge in [-0.3, -0.25) is 4.98 Å². The summed E-state index contributed by atoms with van der Waals surface area (Å²) in [4.78, 5) is 4.28. The second-order valence-corrected chi connectivity index (χ2v) is 7.85. The monoisotopic (exact) mass is 301 g/mol. The van der Waals surface area contributed by atoms with Crippen LogP contribution in [0.25, 0.3) is 0 Å². The highest BCUT2D eigenvalue weighted by Gasteiger charge is 2.32. The molecule has 1 heterocycles. The number of nitrogens with zero attached hydrogens (tertiary/aromatic N) is 1. The van der Waals surface area contributed by atoms with Gasteiger partial charge in [-0.2, -0.15) is 0 Å². The minimum Gasteiger partial charge on any atom is -0.260 e. The molecule has 110 valence electrons. The van der Waals surface area contributed by atoms with Crippen molar-refractivity contribution in [2.45, 2.75) is 37.2 Å². The van der Waals surface area contributed by atoms with Crippen molar-refractivity contribution in [1.29, 1.82) is 0 Å². The minimum atomic E-state index is -3.18. The number of aromatic nitrogens is 1. The molecule has 0 bridgehead atoms. The molecule has 0 radical (unpaired) electrons. The van der Waals surface area contributed by atoms with Crippen LogP contribution in [0.3, 0.4) is 0 Å². The lowest BCUT2D eigenvalue weighted by Gasteiger charge is -2.12. The predicted molar refractivity (Wildman–Crippen MR) is 83.9 cm³/mol. The van der Waals surface area contributed by atoms with Gasteiger partial charge in [0.05, 0.1) is 16.7 Å². The summed E-state index contributed by atoms with van der Waals surface area (Å²) in [6.45, 7) is 2.03. The molecule has 1 aromatic heterocycles. The molecule has 1 aliphatic rings. The average molecular weight is 301 g/mol. The molecular weight excluding hydrogens is 282 g/mol. The fourth-order valence-corrected chi connectivity index (χ4v) is 4.75. The van der Waals surface area contributed by atoms with E-state index in [1.807, 2.05) is 43.3 Å². The number of hydrogen-bond acceptors (Lipinski definition) is 3. The van der Waals surface area contributed by atoms with E-state index in [4.69, 9.17) is 0 Å². The van der Waals surface area contributed by atoms with Crippen molar-refractivity contribution in [3.63, 3.8) is 0 Å². The van der Waals surface area contributed by atoms with Crippen LogP contribution in [0.1, 0.15) is 29.3 Å². The van der Waals surface area contributed by atoms with Crippen molar-refractivity contribution < 1.29 is 8.42 Å². The third-order valence-electron chi connectivity index (χ3n) is 4.22. The number of pyridine rings is 1. The molecule has 2 aromatic rings. The Morgan fingerprint density at radius 1 is 1.10 bits per heavy atom. The molecule has 0 saturated carbocycles. The number of benzene rings is 1. The van der Waals surface area contributed by atoms with E-state index in [1.165, 1.54) is 11.1 Å². The van der Waals surface area contributed by atoms with Gasteiger partial charge in [0.25, 0.3) is 0 Å². The van der Waals surface area contributed by atoms with E-state index < -0.39 is 9.84 Å². The van der Waals surface area contributed by atoms with Gasteiger partial charge in [0.15, 0.2) is 9.84 Å². The maximum absolute atomic E-state index is 12.7. The standard InChI is InChI=1S/C17H19NO2S/c1-2-13-8-5-9-18-17(13)12-21(19,20)16-10-14-6-3-4-7-15(14)11-16/h3-9,16H,2,10-12H2,1H3. The van der Waals surface area contributed by atoms with Crippen molar-refractivity contribution in [2.24, 2.45) is 0 Å². The second kappa shape index (κ2) is 5.60. The van der Waals surface area contributed by atoms with Gasteiger partial charge >= 0.3 is 0 Å². The molecule has 4 heteroatoms. The minimum absolute atomic E-state index is 0.0513. The summed E-state index contributed by atoms with van der Waals surface area (Å²) in [6, 6.07) is 11.8. The van der Waals surface area contributed by atoms with E-state index in [2.05, 4.69) is 4.98 Å². The Bertz CT molecular complexity index is 728. The number of fused-ring (bicyclic) bond motifs is 1.